The number of hydrogen-bond acceptors (Lipinski definition) is 3. The Morgan fingerprint density at radius 3 is 2.81 bits per heavy atom. The number of alkyl halides is 1. The Kier molecular flexibility index (Phi) is 3.88. The summed E-state index contributed by atoms with van der Waals surface area (Å²) in [6, 6.07) is 4.42. The van der Waals surface area contributed by atoms with Gasteiger partial charge in [-0.2, -0.15) is 0 Å². The highest BCUT2D eigenvalue weighted by molar-refractivity contribution is 6.20. The van der Waals surface area contributed by atoms with Crippen molar-refractivity contribution >= 4 is 17.3 Å². The van der Waals surface area contributed by atoms with Gasteiger partial charge in [-0.25, -0.2) is 4.98 Å². The van der Waals surface area contributed by atoms with E-state index in [2.05, 4.69) is 10.3 Å². The normalized spacial score (nSPS) is 25.1. The van der Waals surface area contributed by atoms with E-state index in [1.165, 1.54) is 0 Å². The number of nitrogens with zero attached hydrogens (tertiary/aromatic N) is 1. The van der Waals surface area contributed by atoms with Gasteiger partial charge in [-0.1, -0.05) is 0 Å². The fraction of sp³-hybridized carbons (Fsp3) is 0.583. The van der Waals surface area contributed by atoms with E-state index < -0.39 is 0 Å². The third kappa shape index (κ3) is 3.01. The second-order valence-electron chi connectivity index (χ2n) is 4.18. The van der Waals surface area contributed by atoms with Gasteiger partial charge >= 0.3 is 0 Å². The molecule has 0 amide bonds. The molecule has 0 bridgehead atoms. The summed E-state index contributed by atoms with van der Waals surface area (Å²) in [7, 11) is 1.63. The predicted octanol–water partition coefficient (Wildman–Crippen LogP) is 3.05. The quantitative estimate of drug-likeness (QED) is 0.825. The minimum Gasteiger partial charge on any atom is -0.481 e. The maximum absolute atomic E-state index is 6.07. The largest absolute Gasteiger partial charge is 0.481 e. The van der Waals surface area contributed by atoms with E-state index in [0.29, 0.717) is 17.3 Å². The van der Waals surface area contributed by atoms with Gasteiger partial charge in [-0.3, -0.25) is 0 Å². The fourth-order valence-electron chi connectivity index (χ4n) is 2.04. The first-order valence-corrected chi connectivity index (χ1v) is 6.12. The summed E-state index contributed by atoms with van der Waals surface area (Å²) < 4.78 is 5.09. The second-order valence-corrected chi connectivity index (χ2v) is 4.80. The SMILES string of the molecule is COc1cc(NC2CCC(Cl)CC2)ccn1. The molecule has 0 unspecified atom stereocenters. The summed E-state index contributed by atoms with van der Waals surface area (Å²) in [6.07, 6.45) is 6.23. The van der Waals surface area contributed by atoms with E-state index in [-0.39, 0.29) is 0 Å². The number of nitrogens with one attached hydrogen (secondary N) is 1. The van der Waals surface area contributed by atoms with E-state index in [4.69, 9.17) is 16.3 Å². The summed E-state index contributed by atoms with van der Waals surface area (Å²) in [4.78, 5) is 4.08. The molecule has 1 fully saturated rings. The molecule has 1 N–H and O–H groups in total. The van der Waals surface area contributed by atoms with Crippen LogP contribution in [0.1, 0.15) is 25.7 Å². The van der Waals surface area contributed by atoms with Gasteiger partial charge in [0.2, 0.25) is 5.88 Å². The van der Waals surface area contributed by atoms with Crippen molar-refractivity contribution in [2.75, 3.05) is 12.4 Å². The van der Waals surface area contributed by atoms with E-state index in [1.807, 2.05) is 12.1 Å². The molecule has 0 saturated heterocycles. The lowest BCUT2D eigenvalue weighted by Crippen LogP contribution is -2.26. The molecule has 1 heterocycles. The average Bonchev–Trinajstić information content (AvgIpc) is 2.32. The molecular formula is C12H17ClN2O. The second kappa shape index (κ2) is 5.39. The Balaban J connectivity index is 1.93. The van der Waals surface area contributed by atoms with Crippen molar-refractivity contribution in [1.29, 1.82) is 0 Å². The molecule has 4 heteroatoms. The van der Waals surface area contributed by atoms with Crippen LogP contribution in [0.2, 0.25) is 0 Å². The first-order chi connectivity index (χ1) is 7.78. The number of hydrogen-bond donors (Lipinski definition) is 1. The van der Waals surface area contributed by atoms with Crippen molar-refractivity contribution in [3.05, 3.63) is 18.3 Å². The third-order valence-electron chi connectivity index (χ3n) is 2.97. The van der Waals surface area contributed by atoms with Crippen LogP contribution < -0.4 is 10.1 Å². The lowest BCUT2D eigenvalue weighted by Gasteiger charge is -2.26. The Morgan fingerprint density at radius 1 is 1.38 bits per heavy atom. The van der Waals surface area contributed by atoms with Gasteiger partial charge in [0.25, 0.3) is 0 Å². The maximum atomic E-state index is 6.07. The van der Waals surface area contributed by atoms with Crippen molar-refractivity contribution in [2.45, 2.75) is 37.1 Å². The van der Waals surface area contributed by atoms with Gasteiger partial charge in [0.05, 0.1) is 7.11 Å². The maximum Gasteiger partial charge on any atom is 0.214 e. The molecule has 0 radical (unpaired) electrons. The monoisotopic (exact) mass is 240 g/mol. The van der Waals surface area contributed by atoms with Crippen molar-refractivity contribution in [3.63, 3.8) is 0 Å². The van der Waals surface area contributed by atoms with Crippen LogP contribution in [0.15, 0.2) is 18.3 Å². The molecule has 2 rings (SSSR count). The van der Waals surface area contributed by atoms with Crippen LogP contribution in [0.4, 0.5) is 5.69 Å². The first kappa shape index (κ1) is 11.5. The van der Waals surface area contributed by atoms with Gasteiger partial charge in [0, 0.05) is 29.4 Å². The van der Waals surface area contributed by atoms with E-state index in [0.717, 1.165) is 31.4 Å². The number of halogens is 1. The molecule has 1 saturated carbocycles. The molecule has 3 nitrogen and oxygen atoms in total. The molecule has 0 atom stereocenters. The zero-order valence-corrected chi connectivity index (χ0v) is 10.2. The number of methoxy groups -OCH3 is 1. The zero-order chi connectivity index (χ0) is 11.4. The smallest absolute Gasteiger partial charge is 0.214 e. The van der Waals surface area contributed by atoms with Crippen LogP contribution in [0.5, 0.6) is 5.88 Å². The van der Waals surface area contributed by atoms with Crippen LogP contribution in [0.25, 0.3) is 0 Å². The fourth-order valence-corrected chi connectivity index (χ4v) is 2.30. The summed E-state index contributed by atoms with van der Waals surface area (Å²) in [5.41, 5.74) is 1.07. The Morgan fingerprint density at radius 2 is 2.12 bits per heavy atom. The molecule has 0 spiro atoms. The summed E-state index contributed by atoms with van der Waals surface area (Å²) in [6.45, 7) is 0. The third-order valence-corrected chi connectivity index (χ3v) is 3.41. The highest BCUT2D eigenvalue weighted by Crippen LogP contribution is 2.25. The zero-order valence-electron chi connectivity index (χ0n) is 9.45. The number of anilines is 1. The minimum absolute atomic E-state index is 0.366. The number of rotatable bonds is 3. The van der Waals surface area contributed by atoms with E-state index in [1.54, 1.807) is 13.3 Å². The van der Waals surface area contributed by atoms with Crippen molar-refractivity contribution < 1.29 is 4.74 Å². The molecule has 0 aliphatic heterocycles. The Hall–Kier alpha value is -0.960. The summed E-state index contributed by atoms with van der Waals surface area (Å²) in [5, 5.41) is 3.86. The van der Waals surface area contributed by atoms with Crippen LogP contribution in [-0.2, 0) is 0 Å². The Bertz CT molecular complexity index is 338. The average molecular weight is 241 g/mol. The highest BCUT2D eigenvalue weighted by Gasteiger charge is 2.19. The highest BCUT2D eigenvalue weighted by atomic mass is 35.5. The van der Waals surface area contributed by atoms with E-state index in [9.17, 15) is 0 Å². The number of pyridine rings is 1. The van der Waals surface area contributed by atoms with Crippen LogP contribution >= 0.6 is 11.6 Å². The van der Waals surface area contributed by atoms with Crippen molar-refractivity contribution in [1.82, 2.24) is 4.98 Å². The molecule has 16 heavy (non-hydrogen) atoms. The molecule has 1 aliphatic rings. The number of ether oxygens (including phenoxy) is 1. The van der Waals surface area contributed by atoms with Crippen molar-refractivity contribution in [3.8, 4) is 5.88 Å². The van der Waals surface area contributed by atoms with Gasteiger partial charge in [-0.15, -0.1) is 11.6 Å². The lowest BCUT2D eigenvalue weighted by atomic mass is 9.95. The molecule has 1 aromatic heterocycles. The topological polar surface area (TPSA) is 34.1 Å². The lowest BCUT2D eigenvalue weighted by molar-refractivity contribution is 0.398. The molecular weight excluding hydrogens is 224 g/mol. The molecule has 1 aliphatic carbocycles. The van der Waals surface area contributed by atoms with Crippen LogP contribution in [-0.4, -0.2) is 23.5 Å². The van der Waals surface area contributed by atoms with Gasteiger partial charge in [-0.05, 0) is 31.7 Å². The van der Waals surface area contributed by atoms with Crippen LogP contribution in [0, 0.1) is 0 Å². The van der Waals surface area contributed by atoms with Gasteiger partial charge in [0.15, 0.2) is 0 Å². The van der Waals surface area contributed by atoms with Crippen LogP contribution in [0.3, 0.4) is 0 Å². The summed E-state index contributed by atoms with van der Waals surface area (Å²) >= 11 is 6.07. The molecule has 1 aromatic rings. The Labute approximate surface area is 101 Å². The molecule has 88 valence electrons. The number of aromatic nitrogens is 1. The molecule has 0 aromatic carbocycles. The predicted molar refractivity (Wildman–Crippen MR) is 66.3 cm³/mol. The first-order valence-electron chi connectivity index (χ1n) is 5.68. The summed E-state index contributed by atoms with van der Waals surface area (Å²) in [5.74, 6) is 0.649. The van der Waals surface area contributed by atoms with Gasteiger partial charge in [0.1, 0.15) is 0 Å². The standard InChI is InChI=1S/C12H17ClN2O/c1-16-12-8-11(6-7-14-12)15-10-4-2-9(13)3-5-10/h6-10H,2-5H2,1H3,(H,14,15). The minimum atomic E-state index is 0.366. The van der Waals surface area contributed by atoms with Crippen molar-refractivity contribution in [2.24, 2.45) is 0 Å². The van der Waals surface area contributed by atoms with E-state index >= 15 is 0 Å². The van der Waals surface area contributed by atoms with Gasteiger partial charge < -0.3 is 10.1 Å².